The van der Waals surface area contributed by atoms with Crippen LogP contribution in [0.2, 0.25) is 0 Å². The van der Waals surface area contributed by atoms with Crippen molar-refractivity contribution in [2.45, 2.75) is 26.3 Å². The van der Waals surface area contributed by atoms with Crippen LogP contribution in [0.1, 0.15) is 31.9 Å². The lowest BCUT2D eigenvalue weighted by molar-refractivity contribution is 0.0753. The predicted octanol–water partition coefficient (Wildman–Crippen LogP) is 2.59. The molecule has 1 aromatic rings. The van der Waals surface area contributed by atoms with Crippen molar-refractivity contribution in [1.29, 1.82) is 0 Å². The van der Waals surface area contributed by atoms with Gasteiger partial charge in [0.05, 0.1) is 6.61 Å². The molecule has 126 valence electrons. The van der Waals surface area contributed by atoms with Crippen molar-refractivity contribution in [3.8, 4) is 5.75 Å². The minimum Gasteiger partial charge on any atom is -0.493 e. The van der Waals surface area contributed by atoms with E-state index in [1.807, 2.05) is 29.7 Å². The Kier molecular flexibility index (Phi) is 5.06. The van der Waals surface area contributed by atoms with Crippen molar-refractivity contribution in [1.82, 2.24) is 14.7 Å². The largest absolute Gasteiger partial charge is 0.493 e. The Balaban J connectivity index is 1.63. The van der Waals surface area contributed by atoms with Gasteiger partial charge in [0.15, 0.2) is 0 Å². The van der Waals surface area contributed by atoms with Gasteiger partial charge in [0, 0.05) is 57.3 Å². The van der Waals surface area contributed by atoms with E-state index in [9.17, 15) is 4.79 Å². The summed E-state index contributed by atoms with van der Waals surface area (Å²) in [6.07, 6.45) is 1.03. The summed E-state index contributed by atoms with van der Waals surface area (Å²) in [6, 6.07) is 8.95. The van der Waals surface area contributed by atoms with Crippen LogP contribution in [0, 0.1) is 0 Å². The average molecular weight is 317 g/mol. The van der Waals surface area contributed by atoms with Crippen LogP contribution >= 0.6 is 0 Å². The van der Waals surface area contributed by atoms with Crippen LogP contribution in [0.4, 0.5) is 4.79 Å². The molecule has 1 atom stereocenters. The number of fused-ring (bicyclic) bond motifs is 1. The highest BCUT2D eigenvalue weighted by Gasteiger charge is 2.31. The van der Waals surface area contributed by atoms with Crippen molar-refractivity contribution in [3.63, 3.8) is 0 Å². The first-order valence-corrected chi connectivity index (χ1v) is 8.74. The molecule has 3 rings (SSSR count). The molecule has 1 aromatic carbocycles. The summed E-state index contributed by atoms with van der Waals surface area (Å²) in [4.78, 5) is 18.9. The fourth-order valence-electron chi connectivity index (χ4n) is 3.62. The number of hydrogen-bond donors (Lipinski definition) is 0. The molecule has 0 saturated carbocycles. The van der Waals surface area contributed by atoms with Gasteiger partial charge in [-0.2, -0.15) is 0 Å². The van der Waals surface area contributed by atoms with Gasteiger partial charge in [0.1, 0.15) is 5.75 Å². The molecule has 1 saturated heterocycles. The van der Waals surface area contributed by atoms with Crippen LogP contribution in [0.25, 0.3) is 0 Å². The second-order valence-electron chi connectivity index (χ2n) is 6.17. The molecule has 1 fully saturated rings. The monoisotopic (exact) mass is 317 g/mol. The fourth-order valence-corrected chi connectivity index (χ4v) is 3.62. The average Bonchev–Trinajstić information content (AvgIpc) is 2.62. The Morgan fingerprint density at radius 3 is 2.57 bits per heavy atom. The summed E-state index contributed by atoms with van der Waals surface area (Å²) in [5.41, 5.74) is 1.29. The number of amides is 2. The van der Waals surface area contributed by atoms with Crippen molar-refractivity contribution < 1.29 is 9.53 Å². The van der Waals surface area contributed by atoms with Crippen molar-refractivity contribution >= 4 is 6.03 Å². The standard InChI is InChI=1S/C18H27N3O2/c1-3-19(4-2)18(22)21-12-10-20(11-13-21)16-9-14-23-17-8-6-5-7-15(16)17/h5-8,16H,3-4,9-14H2,1-2H3. The molecule has 2 aliphatic heterocycles. The molecule has 0 radical (unpaired) electrons. The number of carbonyl (C=O) groups is 1. The number of piperazine rings is 1. The molecule has 5 nitrogen and oxygen atoms in total. The van der Waals surface area contributed by atoms with Gasteiger partial charge in [-0.3, -0.25) is 4.90 Å². The Bertz CT molecular complexity index is 537. The predicted molar refractivity (Wildman–Crippen MR) is 90.8 cm³/mol. The molecule has 2 heterocycles. The van der Waals surface area contributed by atoms with Crippen LogP contribution < -0.4 is 4.74 Å². The first-order chi connectivity index (χ1) is 11.2. The summed E-state index contributed by atoms with van der Waals surface area (Å²) in [5, 5.41) is 0. The van der Waals surface area contributed by atoms with Gasteiger partial charge in [-0.05, 0) is 19.9 Å². The summed E-state index contributed by atoms with van der Waals surface area (Å²) >= 11 is 0. The van der Waals surface area contributed by atoms with E-state index >= 15 is 0 Å². The van der Waals surface area contributed by atoms with Gasteiger partial charge in [-0.1, -0.05) is 18.2 Å². The highest BCUT2D eigenvalue weighted by atomic mass is 16.5. The number of nitrogens with zero attached hydrogens (tertiary/aromatic N) is 3. The van der Waals surface area contributed by atoms with E-state index in [1.165, 1.54) is 5.56 Å². The van der Waals surface area contributed by atoms with E-state index in [-0.39, 0.29) is 6.03 Å². The van der Waals surface area contributed by atoms with Crippen LogP contribution in [0.15, 0.2) is 24.3 Å². The van der Waals surface area contributed by atoms with Crippen LogP contribution in [-0.2, 0) is 0 Å². The number of para-hydroxylation sites is 1. The molecule has 0 bridgehead atoms. The van der Waals surface area contributed by atoms with Crippen LogP contribution in [0.3, 0.4) is 0 Å². The summed E-state index contributed by atoms with van der Waals surface area (Å²) in [6.45, 7) is 9.92. The third kappa shape index (κ3) is 3.29. The number of benzene rings is 1. The Morgan fingerprint density at radius 1 is 1.17 bits per heavy atom. The minimum atomic E-state index is 0.182. The molecule has 0 aromatic heterocycles. The topological polar surface area (TPSA) is 36.0 Å². The molecule has 0 spiro atoms. The first-order valence-electron chi connectivity index (χ1n) is 8.74. The molecular formula is C18H27N3O2. The van der Waals surface area contributed by atoms with Gasteiger partial charge in [0.25, 0.3) is 0 Å². The van der Waals surface area contributed by atoms with E-state index in [2.05, 4.69) is 23.1 Å². The Labute approximate surface area is 138 Å². The van der Waals surface area contributed by atoms with Gasteiger partial charge in [-0.25, -0.2) is 4.79 Å². The van der Waals surface area contributed by atoms with Crippen molar-refractivity contribution in [2.75, 3.05) is 45.9 Å². The maximum absolute atomic E-state index is 12.5. The summed E-state index contributed by atoms with van der Waals surface area (Å²) in [7, 11) is 0. The molecular weight excluding hydrogens is 290 g/mol. The highest BCUT2D eigenvalue weighted by Crippen LogP contribution is 2.36. The zero-order chi connectivity index (χ0) is 16.2. The van der Waals surface area contributed by atoms with Gasteiger partial charge in [-0.15, -0.1) is 0 Å². The molecule has 23 heavy (non-hydrogen) atoms. The minimum absolute atomic E-state index is 0.182. The maximum atomic E-state index is 12.5. The Hall–Kier alpha value is -1.75. The maximum Gasteiger partial charge on any atom is 0.320 e. The van der Waals surface area contributed by atoms with E-state index in [1.54, 1.807) is 0 Å². The van der Waals surface area contributed by atoms with Crippen molar-refractivity contribution in [2.24, 2.45) is 0 Å². The number of carbonyl (C=O) groups excluding carboxylic acids is 1. The van der Waals surface area contributed by atoms with Crippen LogP contribution in [0.5, 0.6) is 5.75 Å². The van der Waals surface area contributed by atoms with Gasteiger partial charge >= 0.3 is 6.03 Å². The third-order valence-corrected chi connectivity index (χ3v) is 4.99. The van der Waals surface area contributed by atoms with E-state index < -0.39 is 0 Å². The lowest BCUT2D eigenvalue weighted by atomic mass is 9.98. The molecule has 5 heteroatoms. The third-order valence-electron chi connectivity index (χ3n) is 4.99. The zero-order valence-corrected chi connectivity index (χ0v) is 14.2. The summed E-state index contributed by atoms with van der Waals surface area (Å²) in [5.74, 6) is 1.02. The normalized spacial score (nSPS) is 21.5. The Morgan fingerprint density at radius 2 is 1.87 bits per heavy atom. The quantitative estimate of drug-likeness (QED) is 0.860. The molecule has 2 aliphatic rings. The second kappa shape index (κ2) is 7.21. The molecule has 0 N–H and O–H groups in total. The van der Waals surface area contributed by atoms with E-state index in [0.717, 1.165) is 58.0 Å². The molecule has 2 amide bonds. The lowest BCUT2D eigenvalue weighted by Gasteiger charge is -2.42. The highest BCUT2D eigenvalue weighted by molar-refractivity contribution is 5.74. The summed E-state index contributed by atoms with van der Waals surface area (Å²) < 4.78 is 5.77. The zero-order valence-electron chi connectivity index (χ0n) is 14.2. The van der Waals surface area contributed by atoms with Gasteiger partial charge in [0.2, 0.25) is 0 Å². The first kappa shape index (κ1) is 16.1. The van der Waals surface area contributed by atoms with Gasteiger partial charge < -0.3 is 14.5 Å². The van der Waals surface area contributed by atoms with Crippen molar-refractivity contribution in [3.05, 3.63) is 29.8 Å². The second-order valence-corrected chi connectivity index (χ2v) is 6.17. The number of hydrogen-bond acceptors (Lipinski definition) is 3. The van der Waals surface area contributed by atoms with Crippen LogP contribution in [-0.4, -0.2) is 66.6 Å². The molecule has 1 unspecified atom stereocenters. The number of ether oxygens (including phenoxy) is 1. The smallest absolute Gasteiger partial charge is 0.320 e. The number of rotatable bonds is 3. The van der Waals surface area contributed by atoms with E-state index in [4.69, 9.17) is 4.74 Å². The fraction of sp³-hybridized carbons (Fsp3) is 0.611. The van der Waals surface area contributed by atoms with E-state index in [0.29, 0.717) is 6.04 Å². The molecule has 0 aliphatic carbocycles. The SMILES string of the molecule is CCN(CC)C(=O)N1CCN(C2CCOc3ccccc32)CC1. The number of urea groups is 1. The lowest BCUT2D eigenvalue weighted by Crippen LogP contribution is -2.53.